The molecule has 0 atom stereocenters. The Morgan fingerprint density at radius 2 is 1.61 bits per heavy atom. The van der Waals surface area contributed by atoms with Gasteiger partial charge >= 0.3 is 0 Å². The van der Waals surface area contributed by atoms with Gasteiger partial charge in [-0.1, -0.05) is 18.2 Å². The molecule has 0 bridgehead atoms. The van der Waals surface area contributed by atoms with Crippen LogP contribution in [-0.2, 0) is 4.79 Å². The SMILES string of the molecule is CNC(=O)c1c(-c2ccc(F)cc2)oc2ccc(-c3cccc(C(=O)NCC(N)=O)c3)cc12. The number of carbonyl (C=O) groups excluding carboxylic acids is 3. The minimum Gasteiger partial charge on any atom is -0.455 e. The van der Waals surface area contributed by atoms with Gasteiger partial charge in [0.15, 0.2) is 0 Å². The fraction of sp³-hybridized carbons (Fsp3) is 0.0800. The number of carbonyl (C=O) groups is 3. The van der Waals surface area contributed by atoms with Gasteiger partial charge in [0.05, 0.1) is 12.1 Å². The number of primary amides is 1. The van der Waals surface area contributed by atoms with Crippen molar-refractivity contribution >= 4 is 28.7 Å². The van der Waals surface area contributed by atoms with Gasteiger partial charge in [0.1, 0.15) is 17.2 Å². The van der Waals surface area contributed by atoms with E-state index < -0.39 is 17.6 Å². The third-order valence-corrected chi connectivity index (χ3v) is 5.13. The van der Waals surface area contributed by atoms with Gasteiger partial charge in [-0.3, -0.25) is 14.4 Å². The number of rotatable bonds is 6. The van der Waals surface area contributed by atoms with Crippen LogP contribution in [-0.4, -0.2) is 31.3 Å². The second-order valence-electron chi connectivity index (χ2n) is 7.33. The lowest BCUT2D eigenvalue weighted by Crippen LogP contribution is -2.33. The van der Waals surface area contributed by atoms with Crippen LogP contribution in [0.15, 0.2) is 71.1 Å². The van der Waals surface area contributed by atoms with E-state index >= 15 is 0 Å². The maximum Gasteiger partial charge on any atom is 0.255 e. The number of nitrogens with two attached hydrogens (primary N) is 1. The van der Waals surface area contributed by atoms with E-state index in [0.29, 0.717) is 33.4 Å². The highest BCUT2D eigenvalue weighted by Crippen LogP contribution is 2.36. The van der Waals surface area contributed by atoms with E-state index in [0.717, 1.165) is 11.1 Å². The molecule has 7 nitrogen and oxygen atoms in total. The summed E-state index contributed by atoms with van der Waals surface area (Å²) in [4.78, 5) is 36.0. The number of fused-ring (bicyclic) bond motifs is 1. The van der Waals surface area contributed by atoms with E-state index in [-0.39, 0.29) is 12.5 Å². The molecule has 0 spiro atoms. The van der Waals surface area contributed by atoms with Crippen LogP contribution >= 0.6 is 0 Å². The third kappa shape index (κ3) is 4.45. The van der Waals surface area contributed by atoms with Gasteiger partial charge in [0.2, 0.25) is 5.91 Å². The van der Waals surface area contributed by atoms with Gasteiger partial charge in [0, 0.05) is 23.6 Å². The van der Waals surface area contributed by atoms with Crippen molar-refractivity contribution < 1.29 is 23.2 Å². The average Bonchev–Trinajstić information content (AvgIpc) is 3.21. The molecule has 1 heterocycles. The standard InChI is InChI=1S/C25H20FN3O4/c1-28-25(32)22-19-12-16(15-3-2-4-17(11-15)24(31)29-13-21(27)30)7-10-20(19)33-23(22)14-5-8-18(26)9-6-14/h2-12H,13H2,1H3,(H2,27,30)(H,28,32)(H,29,31). The summed E-state index contributed by atoms with van der Waals surface area (Å²) in [5, 5.41) is 5.66. The van der Waals surface area contributed by atoms with Crippen LogP contribution in [0.4, 0.5) is 4.39 Å². The topological polar surface area (TPSA) is 114 Å². The Kier molecular flexibility index (Phi) is 5.91. The largest absolute Gasteiger partial charge is 0.455 e. The van der Waals surface area contributed by atoms with Crippen LogP contribution in [0.2, 0.25) is 0 Å². The monoisotopic (exact) mass is 445 g/mol. The molecule has 0 radical (unpaired) electrons. The first-order valence-electron chi connectivity index (χ1n) is 10.1. The molecule has 166 valence electrons. The van der Waals surface area contributed by atoms with E-state index in [1.807, 2.05) is 12.1 Å². The number of furan rings is 1. The summed E-state index contributed by atoms with van der Waals surface area (Å²) in [5.74, 6) is -1.46. The Morgan fingerprint density at radius 1 is 0.909 bits per heavy atom. The lowest BCUT2D eigenvalue weighted by atomic mass is 9.99. The first-order valence-corrected chi connectivity index (χ1v) is 10.1. The van der Waals surface area contributed by atoms with Crippen molar-refractivity contribution in [3.8, 4) is 22.5 Å². The van der Waals surface area contributed by atoms with Crippen LogP contribution < -0.4 is 16.4 Å². The molecule has 4 rings (SSSR count). The Hall–Kier alpha value is -4.46. The minimum absolute atomic E-state index is 0.258. The minimum atomic E-state index is -0.636. The lowest BCUT2D eigenvalue weighted by molar-refractivity contribution is -0.117. The smallest absolute Gasteiger partial charge is 0.255 e. The van der Waals surface area contributed by atoms with Gasteiger partial charge in [-0.15, -0.1) is 0 Å². The van der Waals surface area contributed by atoms with Crippen molar-refractivity contribution in [2.24, 2.45) is 5.73 Å². The fourth-order valence-electron chi connectivity index (χ4n) is 3.54. The molecular formula is C25H20FN3O4. The van der Waals surface area contributed by atoms with Gasteiger partial charge < -0.3 is 20.8 Å². The zero-order valence-corrected chi connectivity index (χ0v) is 17.6. The Bertz CT molecular complexity index is 1380. The molecular weight excluding hydrogens is 425 g/mol. The van der Waals surface area contributed by atoms with Crippen molar-refractivity contribution in [3.05, 3.63) is 83.7 Å². The van der Waals surface area contributed by atoms with Crippen LogP contribution in [0.25, 0.3) is 33.4 Å². The Balaban J connectivity index is 1.79. The molecule has 4 aromatic rings. The molecule has 0 unspecified atom stereocenters. The highest BCUT2D eigenvalue weighted by atomic mass is 19.1. The summed E-state index contributed by atoms with van der Waals surface area (Å²) in [5.41, 5.74) is 8.32. The summed E-state index contributed by atoms with van der Waals surface area (Å²) in [6, 6.07) is 17.9. The number of nitrogens with one attached hydrogen (secondary N) is 2. The van der Waals surface area contributed by atoms with Crippen molar-refractivity contribution in [1.29, 1.82) is 0 Å². The predicted molar refractivity (Wildman–Crippen MR) is 122 cm³/mol. The average molecular weight is 445 g/mol. The van der Waals surface area contributed by atoms with Crippen molar-refractivity contribution in [3.63, 3.8) is 0 Å². The molecule has 0 aliphatic rings. The molecule has 3 aromatic carbocycles. The number of benzene rings is 3. The van der Waals surface area contributed by atoms with Crippen molar-refractivity contribution in [1.82, 2.24) is 10.6 Å². The van der Waals surface area contributed by atoms with Gasteiger partial charge in [0.25, 0.3) is 11.8 Å². The Labute approximate surface area is 188 Å². The highest BCUT2D eigenvalue weighted by Gasteiger charge is 2.22. The fourth-order valence-corrected chi connectivity index (χ4v) is 3.54. The number of hydrogen-bond acceptors (Lipinski definition) is 4. The molecule has 8 heteroatoms. The predicted octanol–water partition coefficient (Wildman–Crippen LogP) is 3.48. The number of halogens is 1. The molecule has 4 N–H and O–H groups in total. The normalized spacial score (nSPS) is 10.7. The third-order valence-electron chi connectivity index (χ3n) is 5.13. The summed E-state index contributed by atoms with van der Waals surface area (Å²) in [6.07, 6.45) is 0. The second-order valence-corrected chi connectivity index (χ2v) is 7.33. The summed E-state index contributed by atoms with van der Waals surface area (Å²) in [7, 11) is 1.52. The van der Waals surface area contributed by atoms with Gasteiger partial charge in [-0.25, -0.2) is 4.39 Å². The Morgan fingerprint density at radius 3 is 2.30 bits per heavy atom. The quantitative estimate of drug-likeness (QED) is 0.422. The summed E-state index contributed by atoms with van der Waals surface area (Å²) in [6.45, 7) is -0.258. The molecule has 0 saturated heterocycles. The molecule has 0 aliphatic carbocycles. The van der Waals surface area contributed by atoms with Crippen LogP contribution in [0, 0.1) is 5.82 Å². The second kappa shape index (κ2) is 8.96. The first-order chi connectivity index (χ1) is 15.9. The first kappa shape index (κ1) is 21.8. The van der Waals surface area contributed by atoms with E-state index in [2.05, 4.69) is 10.6 Å². The number of hydrogen-bond donors (Lipinski definition) is 3. The molecule has 3 amide bonds. The van der Waals surface area contributed by atoms with E-state index in [4.69, 9.17) is 10.2 Å². The highest BCUT2D eigenvalue weighted by molar-refractivity contribution is 6.12. The molecule has 1 aromatic heterocycles. The number of amides is 3. The van der Waals surface area contributed by atoms with Crippen LogP contribution in [0.3, 0.4) is 0 Å². The van der Waals surface area contributed by atoms with Crippen LogP contribution in [0.1, 0.15) is 20.7 Å². The van der Waals surface area contributed by atoms with E-state index in [9.17, 15) is 18.8 Å². The van der Waals surface area contributed by atoms with Crippen molar-refractivity contribution in [2.45, 2.75) is 0 Å². The molecule has 0 aliphatic heterocycles. The lowest BCUT2D eigenvalue weighted by Gasteiger charge is -2.07. The van der Waals surface area contributed by atoms with Gasteiger partial charge in [-0.05, 0) is 59.7 Å². The summed E-state index contributed by atoms with van der Waals surface area (Å²) < 4.78 is 19.4. The molecule has 0 fully saturated rings. The zero-order valence-electron chi connectivity index (χ0n) is 17.6. The van der Waals surface area contributed by atoms with Gasteiger partial charge in [-0.2, -0.15) is 0 Å². The maximum absolute atomic E-state index is 13.4. The van der Waals surface area contributed by atoms with E-state index in [1.165, 1.54) is 19.2 Å². The maximum atomic E-state index is 13.4. The van der Waals surface area contributed by atoms with Crippen molar-refractivity contribution in [2.75, 3.05) is 13.6 Å². The summed E-state index contributed by atoms with van der Waals surface area (Å²) >= 11 is 0. The van der Waals surface area contributed by atoms with E-state index in [1.54, 1.807) is 42.5 Å². The molecule has 0 saturated carbocycles. The zero-order chi connectivity index (χ0) is 23.5. The molecule has 33 heavy (non-hydrogen) atoms. The van der Waals surface area contributed by atoms with Crippen LogP contribution in [0.5, 0.6) is 0 Å².